The predicted molar refractivity (Wildman–Crippen MR) is 139 cm³/mol. The van der Waals surface area contributed by atoms with Gasteiger partial charge in [0.1, 0.15) is 0 Å². The molecule has 0 heterocycles. The molecule has 0 saturated heterocycles. The average molecular weight is 463 g/mol. The summed E-state index contributed by atoms with van der Waals surface area (Å²) >= 11 is 0. The summed E-state index contributed by atoms with van der Waals surface area (Å²) in [5, 5.41) is 16.9. The Kier molecular flexibility index (Phi) is 9.33. The van der Waals surface area contributed by atoms with E-state index in [1.165, 1.54) is 64.2 Å². The predicted octanol–water partition coefficient (Wildman–Crippen LogP) is 8.12. The van der Waals surface area contributed by atoms with Crippen molar-refractivity contribution in [2.75, 3.05) is 0 Å². The SMILES string of the molecule is C=CC.CC(O)CCC1(C)C(C)CCC2(C)C1CCC1C3CCCC3(C)CC[C@]12C.O=CO. The molecule has 4 saturated carbocycles. The molecule has 4 rings (SSSR count). The van der Waals surface area contributed by atoms with Crippen LogP contribution in [0.1, 0.15) is 119 Å². The van der Waals surface area contributed by atoms with Crippen LogP contribution in [0.2, 0.25) is 0 Å². The van der Waals surface area contributed by atoms with Gasteiger partial charge in [-0.15, -0.1) is 6.58 Å². The molecule has 3 heteroatoms. The standard InChI is InChI=1S/C26H46O.C3H6.CH2O2/c1-18-11-15-26(6)22(24(18,4)14-12-19(2)27)10-9-21-20-8-7-13-23(20,3)16-17-25(21,26)5;1-3-2;2-1-3/h18-22,27H,7-17H2,1-6H3;3H,1H2,2H3;1H,(H,2,3)/t18?,19?,20?,21?,22?,23?,24?,25-,26?;;/m1../s1. The number of carboxylic acid groups (broad SMARTS) is 1. The van der Waals surface area contributed by atoms with Gasteiger partial charge in [-0.1, -0.05) is 47.1 Å². The van der Waals surface area contributed by atoms with Crippen LogP contribution in [0, 0.1) is 45.3 Å². The zero-order valence-electron chi connectivity index (χ0n) is 22.8. The first kappa shape index (κ1) is 28.4. The molecule has 4 aliphatic carbocycles. The lowest BCUT2D eigenvalue weighted by molar-refractivity contribution is -0.213. The van der Waals surface area contributed by atoms with Crippen LogP contribution in [-0.2, 0) is 4.79 Å². The Morgan fingerprint density at radius 3 is 2.15 bits per heavy atom. The van der Waals surface area contributed by atoms with Crippen molar-refractivity contribution in [1.29, 1.82) is 0 Å². The van der Waals surface area contributed by atoms with E-state index in [0.29, 0.717) is 21.7 Å². The van der Waals surface area contributed by atoms with Crippen molar-refractivity contribution >= 4 is 6.47 Å². The average Bonchev–Trinajstić information content (AvgIpc) is 3.14. The third-order valence-electron chi connectivity index (χ3n) is 11.6. The van der Waals surface area contributed by atoms with Crippen LogP contribution in [0.5, 0.6) is 0 Å². The minimum atomic E-state index is -0.250. The van der Waals surface area contributed by atoms with Crippen molar-refractivity contribution < 1.29 is 15.0 Å². The van der Waals surface area contributed by atoms with Gasteiger partial charge in [-0.3, -0.25) is 4.79 Å². The van der Waals surface area contributed by atoms with Gasteiger partial charge in [0.15, 0.2) is 0 Å². The minimum absolute atomic E-state index is 0.150. The fourth-order valence-electron chi connectivity index (χ4n) is 9.37. The molecule has 9 atom stereocenters. The molecule has 8 unspecified atom stereocenters. The topological polar surface area (TPSA) is 57.5 Å². The molecule has 0 spiro atoms. The van der Waals surface area contributed by atoms with Crippen molar-refractivity contribution in [3.63, 3.8) is 0 Å². The minimum Gasteiger partial charge on any atom is -0.483 e. The van der Waals surface area contributed by atoms with Crippen molar-refractivity contribution in [1.82, 2.24) is 0 Å². The lowest BCUT2D eigenvalue weighted by Crippen LogP contribution is -2.63. The van der Waals surface area contributed by atoms with Gasteiger partial charge >= 0.3 is 0 Å². The summed E-state index contributed by atoms with van der Waals surface area (Å²) in [4.78, 5) is 8.36. The Hall–Kier alpha value is -0.830. The first-order valence-electron chi connectivity index (χ1n) is 13.7. The smallest absolute Gasteiger partial charge is 0.290 e. The molecule has 3 nitrogen and oxygen atoms in total. The van der Waals surface area contributed by atoms with E-state index in [1.54, 1.807) is 6.08 Å². The third kappa shape index (κ3) is 4.95. The molecular weight excluding hydrogens is 408 g/mol. The molecule has 0 aromatic rings. The Balaban J connectivity index is 0.000000582. The zero-order valence-corrected chi connectivity index (χ0v) is 22.8. The number of aliphatic hydroxyl groups excluding tert-OH is 1. The Morgan fingerprint density at radius 1 is 0.970 bits per heavy atom. The monoisotopic (exact) mass is 462 g/mol. The number of allylic oxidation sites excluding steroid dienone is 1. The van der Waals surface area contributed by atoms with Crippen molar-refractivity contribution in [3.8, 4) is 0 Å². The number of aliphatic hydroxyl groups is 1. The molecule has 2 N–H and O–H groups in total. The highest BCUT2D eigenvalue weighted by Crippen LogP contribution is 2.74. The first-order chi connectivity index (χ1) is 15.4. The Morgan fingerprint density at radius 2 is 1.58 bits per heavy atom. The van der Waals surface area contributed by atoms with Crippen molar-refractivity contribution in [2.24, 2.45) is 45.3 Å². The van der Waals surface area contributed by atoms with Crippen molar-refractivity contribution in [2.45, 2.75) is 125 Å². The van der Waals surface area contributed by atoms with Gasteiger partial charge in [0, 0.05) is 0 Å². The lowest BCUT2D eigenvalue weighted by atomic mass is 9.35. The van der Waals surface area contributed by atoms with Crippen LogP contribution in [0.15, 0.2) is 12.7 Å². The number of hydrogen-bond acceptors (Lipinski definition) is 2. The summed E-state index contributed by atoms with van der Waals surface area (Å²) in [6.07, 6.45) is 17.0. The summed E-state index contributed by atoms with van der Waals surface area (Å²) in [6, 6.07) is 0. The Bertz CT molecular complexity index is 653. The second-order valence-electron chi connectivity index (χ2n) is 13.1. The maximum absolute atomic E-state index is 10.0. The summed E-state index contributed by atoms with van der Waals surface area (Å²) in [6.45, 7) is 20.2. The van der Waals surface area contributed by atoms with Crippen LogP contribution < -0.4 is 0 Å². The van der Waals surface area contributed by atoms with E-state index in [2.05, 4.69) is 41.2 Å². The molecule has 0 radical (unpaired) electrons. The summed E-state index contributed by atoms with van der Waals surface area (Å²) < 4.78 is 0. The number of carbonyl (C=O) groups is 1. The first-order valence-corrected chi connectivity index (χ1v) is 13.7. The summed E-state index contributed by atoms with van der Waals surface area (Å²) in [5.74, 6) is 3.61. The molecule has 0 bridgehead atoms. The van der Waals surface area contributed by atoms with Crippen LogP contribution in [0.4, 0.5) is 0 Å². The van der Waals surface area contributed by atoms with E-state index in [9.17, 15) is 5.11 Å². The van der Waals surface area contributed by atoms with Crippen LogP contribution in [0.25, 0.3) is 0 Å². The summed E-state index contributed by atoms with van der Waals surface area (Å²) in [5.41, 5.74) is 2.11. The van der Waals surface area contributed by atoms with E-state index in [-0.39, 0.29) is 12.6 Å². The number of fused-ring (bicyclic) bond motifs is 5. The second kappa shape index (κ2) is 10.8. The van der Waals surface area contributed by atoms with E-state index in [4.69, 9.17) is 9.90 Å². The quantitative estimate of drug-likeness (QED) is 0.329. The normalized spacial score (nSPS) is 46.7. The number of rotatable bonds is 3. The molecule has 4 fully saturated rings. The van der Waals surface area contributed by atoms with E-state index < -0.39 is 0 Å². The van der Waals surface area contributed by atoms with E-state index in [1.807, 2.05) is 13.8 Å². The van der Waals surface area contributed by atoms with Crippen LogP contribution >= 0.6 is 0 Å². The Labute approximate surface area is 204 Å². The van der Waals surface area contributed by atoms with E-state index >= 15 is 0 Å². The molecule has 192 valence electrons. The molecule has 0 amide bonds. The van der Waals surface area contributed by atoms with Gasteiger partial charge in [0.25, 0.3) is 6.47 Å². The van der Waals surface area contributed by atoms with Gasteiger partial charge < -0.3 is 10.2 Å². The van der Waals surface area contributed by atoms with Gasteiger partial charge in [0.05, 0.1) is 6.10 Å². The highest BCUT2D eigenvalue weighted by molar-refractivity contribution is 5.32. The molecule has 0 aliphatic heterocycles. The van der Waals surface area contributed by atoms with Gasteiger partial charge in [0.2, 0.25) is 0 Å². The molecule has 33 heavy (non-hydrogen) atoms. The molecule has 0 aromatic heterocycles. The maximum Gasteiger partial charge on any atom is 0.290 e. The van der Waals surface area contributed by atoms with Gasteiger partial charge in [-0.05, 0) is 123 Å². The largest absolute Gasteiger partial charge is 0.483 e. The van der Waals surface area contributed by atoms with E-state index in [0.717, 1.165) is 30.1 Å². The van der Waals surface area contributed by atoms with Crippen LogP contribution in [0.3, 0.4) is 0 Å². The number of hydrogen-bond donors (Lipinski definition) is 2. The lowest BCUT2D eigenvalue weighted by Gasteiger charge is -2.70. The molecule has 4 aliphatic rings. The van der Waals surface area contributed by atoms with Crippen LogP contribution in [-0.4, -0.2) is 22.8 Å². The second-order valence-corrected chi connectivity index (χ2v) is 13.1. The summed E-state index contributed by atoms with van der Waals surface area (Å²) in [7, 11) is 0. The van der Waals surface area contributed by atoms with Gasteiger partial charge in [-0.25, -0.2) is 0 Å². The highest BCUT2D eigenvalue weighted by Gasteiger charge is 2.66. The fraction of sp³-hybridized carbons (Fsp3) is 0.900. The zero-order chi connectivity index (χ0) is 25.1. The van der Waals surface area contributed by atoms with Gasteiger partial charge in [-0.2, -0.15) is 0 Å². The fourth-order valence-corrected chi connectivity index (χ4v) is 9.37. The third-order valence-corrected chi connectivity index (χ3v) is 11.6. The van der Waals surface area contributed by atoms with Crippen molar-refractivity contribution in [3.05, 3.63) is 12.7 Å². The molecule has 0 aromatic carbocycles. The maximum atomic E-state index is 10.0. The molecular formula is C30H54O3. The highest BCUT2D eigenvalue weighted by atomic mass is 16.3.